The Kier molecular flexibility index (Phi) is 7.04. The van der Waals surface area contributed by atoms with Crippen molar-refractivity contribution in [3.63, 3.8) is 0 Å². The highest BCUT2D eigenvalue weighted by molar-refractivity contribution is 8.00. The first-order chi connectivity index (χ1) is 23.4. The Morgan fingerprint density at radius 2 is 1.62 bits per heavy atom. The molecule has 2 aliphatic carbocycles. The van der Waals surface area contributed by atoms with Crippen molar-refractivity contribution in [2.75, 3.05) is 16.8 Å². The monoisotopic (exact) mass is 693 g/mol. The minimum Gasteiger partial charge on any atom is -0.483 e. The lowest BCUT2D eigenvalue weighted by molar-refractivity contribution is -0.123. The van der Waals surface area contributed by atoms with Gasteiger partial charge in [-0.2, -0.15) is 0 Å². The zero-order valence-corrected chi connectivity index (χ0v) is 27.7. The lowest BCUT2D eigenvalue weighted by Gasteiger charge is -2.43. The predicted octanol–water partition coefficient (Wildman–Crippen LogP) is 6.94. The van der Waals surface area contributed by atoms with E-state index in [0.29, 0.717) is 22.1 Å². The topological polar surface area (TPSA) is 109 Å². The largest absolute Gasteiger partial charge is 0.483 e. The summed E-state index contributed by atoms with van der Waals surface area (Å²) in [5.41, 5.74) is 2.10. The van der Waals surface area contributed by atoms with Gasteiger partial charge in [0.2, 0.25) is 11.8 Å². The number of rotatable bonds is 6. The number of halogens is 1. The molecule has 2 aliphatic heterocycles. The number of carbonyl (C=O) groups is 3. The number of thiazole rings is 1. The Hall–Kier alpha value is -4.38. The molecule has 3 heterocycles. The summed E-state index contributed by atoms with van der Waals surface area (Å²) in [4.78, 5) is 59.0. The van der Waals surface area contributed by atoms with Crippen LogP contribution in [0.4, 0.5) is 11.4 Å². The molecular formula is C37H28ClN3O5S2. The summed E-state index contributed by atoms with van der Waals surface area (Å²) in [6.07, 6.45) is 0.774. The van der Waals surface area contributed by atoms with Crippen molar-refractivity contribution in [2.24, 2.45) is 29.6 Å². The van der Waals surface area contributed by atoms with Crippen LogP contribution in [-0.2, 0) is 14.4 Å². The number of aromatic amines is 1. The molecule has 4 unspecified atom stereocenters. The maximum Gasteiger partial charge on any atom is 0.305 e. The molecule has 1 saturated heterocycles. The quantitative estimate of drug-likeness (QED) is 0.187. The lowest BCUT2D eigenvalue weighted by Crippen LogP contribution is -2.42. The van der Waals surface area contributed by atoms with Gasteiger partial charge in [0.05, 0.1) is 22.5 Å². The van der Waals surface area contributed by atoms with Crippen LogP contribution in [0.25, 0.3) is 10.8 Å². The van der Waals surface area contributed by atoms with Crippen LogP contribution in [0, 0.1) is 29.6 Å². The minimum absolute atomic E-state index is 0.00158. The second kappa shape index (κ2) is 11.4. The van der Waals surface area contributed by atoms with Crippen molar-refractivity contribution in [3.05, 3.63) is 116 Å². The number of benzene rings is 4. The number of H-pyrrole nitrogens is 1. The Morgan fingerprint density at radius 3 is 2.44 bits per heavy atom. The van der Waals surface area contributed by atoms with Gasteiger partial charge in [-0.3, -0.25) is 24.1 Å². The van der Waals surface area contributed by atoms with E-state index in [-0.39, 0.29) is 58.1 Å². The first kappa shape index (κ1) is 29.7. The molecule has 5 aromatic rings. The molecule has 4 aromatic carbocycles. The molecule has 1 aromatic heterocycles. The highest BCUT2D eigenvalue weighted by atomic mass is 35.5. The molecule has 9 rings (SSSR count). The number of hydrogen-bond acceptors (Lipinski definition) is 7. The van der Waals surface area contributed by atoms with Gasteiger partial charge < -0.3 is 15.0 Å². The van der Waals surface area contributed by atoms with Gasteiger partial charge in [-0.1, -0.05) is 71.5 Å². The third-order valence-electron chi connectivity index (χ3n) is 10.5. The number of para-hydroxylation sites is 1. The van der Waals surface area contributed by atoms with Gasteiger partial charge >= 0.3 is 4.87 Å². The van der Waals surface area contributed by atoms with Gasteiger partial charge in [0, 0.05) is 32.3 Å². The molecule has 2 bridgehead atoms. The molecule has 2 saturated carbocycles. The number of aromatic nitrogens is 1. The van der Waals surface area contributed by atoms with Gasteiger partial charge in [-0.15, -0.1) is 11.8 Å². The predicted molar refractivity (Wildman–Crippen MR) is 187 cm³/mol. The number of hydrogen-bond donors (Lipinski definition) is 2. The number of nitrogens with one attached hydrogen (secondary N) is 2. The smallest absolute Gasteiger partial charge is 0.305 e. The molecule has 8 nitrogen and oxygen atoms in total. The standard InChI is InChI=1S/C37H28ClN3O5S2/c38-20-10-13-22(14-11-20)41-35(43)30-24-16-25(31(30)36(41)44)32-29(24)28(33-34(47-32)40-37(45)48-33)23-7-3-4-8-26(23)46-17-27(42)39-21-12-9-18-5-1-2-6-19(18)15-21/h1-15,24-25,28-32H,16-17H2,(H,39,42)(H,40,45)/t24-,25-,28-,29?,30?,31?,32?/m1/s1. The molecule has 0 radical (unpaired) electrons. The van der Waals surface area contributed by atoms with Crippen LogP contribution in [0.2, 0.25) is 5.02 Å². The average Bonchev–Trinajstić information content (AvgIpc) is 3.83. The van der Waals surface area contributed by atoms with Crippen molar-refractivity contribution < 1.29 is 19.1 Å². The first-order valence-corrected chi connectivity index (χ1v) is 18.0. The van der Waals surface area contributed by atoms with Crippen molar-refractivity contribution in [3.8, 4) is 5.75 Å². The van der Waals surface area contributed by atoms with Gasteiger partial charge in [0.25, 0.3) is 5.91 Å². The Bertz CT molecular complexity index is 2200. The van der Waals surface area contributed by atoms with Crippen LogP contribution in [0.3, 0.4) is 0 Å². The average molecular weight is 694 g/mol. The van der Waals surface area contributed by atoms with E-state index in [0.717, 1.165) is 32.7 Å². The maximum atomic E-state index is 14.0. The molecule has 240 valence electrons. The van der Waals surface area contributed by atoms with E-state index >= 15 is 0 Å². The lowest BCUT2D eigenvalue weighted by atomic mass is 9.68. The fourth-order valence-corrected chi connectivity index (χ4v) is 11.7. The Balaban J connectivity index is 1.02. The fourth-order valence-electron chi connectivity index (χ4n) is 8.69. The summed E-state index contributed by atoms with van der Waals surface area (Å²) in [5, 5.41) is 6.44. The third-order valence-corrected chi connectivity index (χ3v) is 13.3. The van der Waals surface area contributed by atoms with Crippen molar-refractivity contribution >= 4 is 74.6 Å². The summed E-state index contributed by atoms with van der Waals surface area (Å²) in [6.45, 7) is -0.199. The van der Waals surface area contributed by atoms with Gasteiger partial charge in [-0.05, 0) is 77.4 Å². The number of imide groups is 1. The van der Waals surface area contributed by atoms with Crippen LogP contribution < -0.4 is 19.8 Å². The summed E-state index contributed by atoms with van der Waals surface area (Å²) < 4.78 is 6.23. The SMILES string of the molecule is O=C(COc1ccccc1[C@H]1c2sc(=O)[nH]c2SC2C1[C@H]1C[C@@H]2C2C(=O)N(c3ccc(Cl)cc3)C(=O)C21)Nc1ccc2ccccc2c1. The number of thioether (sulfide) groups is 1. The number of ether oxygens (including phenoxy) is 1. The maximum absolute atomic E-state index is 14.0. The fraction of sp³-hybridized carbons (Fsp3) is 0.243. The van der Waals surface area contributed by atoms with E-state index in [4.69, 9.17) is 16.3 Å². The second-order valence-corrected chi connectivity index (χ2v) is 15.5. The molecule has 3 fully saturated rings. The summed E-state index contributed by atoms with van der Waals surface area (Å²) >= 11 is 8.93. The zero-order chi connectivity index (χ0) is 32.7. The summed E-state index contributed by atoms with van der Waals surface area (Å²) in [5.74, 6) is -1.17. The number of nitrogens with zero attached hydrogens (tertiary/aromatic N) is 1. The van der Waals surface area contributed by atoms with Crippen molar-refractivity contribution in [1.82, 2.24) is 4.98 Å². The van der Waals surface area contributed by atoms with Crippen LogP contribution in [0.1, 0.15) is 22.8 Å². The summed E-state index contributed by atoms with van der Waals surface area (Å²) in [6, 6.07) is 28.2. The number of anilines is 2. The van der Waals surface area contributed by atoms with E-state index in [1.54, 1.807) is 36.0 Å². The van der Waals surface area contributed by atoms with E-state index in [2.05, 4.69) is 10.3 Å². The second-order valence-electron chi connectivity index (χ2n) is 12.9. The van der Waals surface area contributed by atoms with Gasteiger partial charge in [0.1, 0.15) is 5.75 Å². The number of amides is 3. The van der Waals surface area contributed by atoms with Crippen LogP contribution in [0.15, 0.2) is 101 Å². The number of fused-ring (bicyclic) bond motifs is 10. The van der Waals surface area contributed by atoms with Crippen LogP contribution in [-0.4, -0.2) is 34.6 Å². The summed E-state index contributed by atoms with van der Waals surface area (Å²) in [7, 11) is 0. The molecule has 7 atom stereocenters. The molecule has 11 heteroatoms. The molecule has 0 spiro atoms. The van der Waals surface area contributed by atoms with Crippen molar-refractivity contribution in [1.29, 1.82) is 0 Å². The molecular weight excluding hydrogens is 666 g/mol. The molecule has 4 aliphatic rings. The van der Waals surface area contributed by atoms with E-state index in [1.807, 2.05) is 66.7 Å². The van der Waals surface area contributed by atoms with Crippen LogP contribution in [0.5, 0.6) is 5.75 Å². The number of carbonyl (C=O) groups excluding carboxylic acids is 3. The molecule has 3 amide bonds. The molecule has 48 heavy (non-hydrogen) atoms. The highest BCUT2D eigenvalue weighted by Gasteiger charge is 2.69. The Morgan fingerprint density at radius 1 is 0.896 bits per heavy atom. The first-order valence-electron chi connectivity index (χ1n) is 15.9. The van der Waals surface area contributed by atoms with E-state index < -0.39 is 11.8 Å². The third kappa shape index (κ3) is 4.64. The van der Waals surface area contributed by atoms with Gasteiger partial charge in [-0.25, -0.2) is 0 Å². The highest BCUT2D eigenvalue weighted by Crippen LogP contribution is 2.69. The molecule has 2 N–H and O–H groups in total. The zero-order valence-electron chi connectivity index (χ0n) is 25.3. The van der Waals surface area contributed by atoms with Crippen molar-refractivity contribution in [2.45, 2.75) is 22.6 Å². The Labute approximate surface area is 288 Å². The van der Waals surface area contributed by atoms with Gasteiger partial charge in [0.15, 0.2) is 6.61 Å². The van der Waals surface area contributed by atoms with E-state index in [9.17, 15) is 19.2 Å². The van der Waals surface area contributed by atoms with E-state index in [1.165, 1.54) is 16.2 Å². The minimum atomic E-state index is -0.430. The normalized spacial score (nSPS) is 26.8. The van der Waals surface area contributed by atoms with Crippen LogP contribution >= 0.6 is 34.7 Å².